The molecule has 0 aromatic heterocycles. The molecule has 2 aromatic rings. The lowest BCUT2D eigenvalue weighted by Gasteiger charge is -2.11. The third-order valence-electron chi connectivity index (χ3n) is 2.88. The Morgan fingerprint density at radius 1 is 1.24 bits per heavy atom. The molecular formula is C16H17ClN2O2. The summed E-state index contributed by atoms with van der Waals surface area (Å²) in [6.07, 6.45) is 0. The van der Waals surface area contributed by atoms with E-state index in [0.717, 1.165) is 11.1 Å². The number of amides is 1. The third kappa shape index (κ3) is 4.13. The van der Waals surface area contributed by atoms with Crippen molar-refractivity contribution in [1.29, 1.82) is 0 Å². The Balaban J connectivity index is 1.99. The van der Waals surface area contributed by atoms with E-state index in [0.29, 0.717) is 22.1 Å². The number of para-hydroxylation sites is 1. The van der Waals surface area contributed by atoms with E-state index < -0.39 is 0 Å². The molecule has 0 aliphatic heterocycles. The van der Waals surface area contributed by atoms with Crippen molar-refractivity contribution in [2.24, 2.45) is 0 Å². The minimum absolute atomic E-state index is 0.104. The van der Waals surface area contributed by atoms with E-state index in [1.807, 2.05) is 32.0 Å². The van der Waals surface area contributed by atoms with Crippen LogP contribution in [0.3, 0.4) is 0 Å². The zero-order valence-corrected chi connectivity index (χ0v) is 12.7. The first-order chi connectivity index (χ1) is 9.95. The Bertz CT molecular complexity index is 631. The summed E-state index contributed by atoms with van der Waals surface area (Å²) < 4.78 is 5.49. The lowest BCUT2D eigenvalue weighted by atomic mass is 10.1. The molecule has 0 bridgehead atoms. The molecule has 0 heterocycles. The normalized spacial score (nSPS) is 10.2. The van der Waals surface area contributed by atoms with Crippen LogP contribution in [0.25, 0.3) is 0 Å². The van der Waals surface area contributed by atoms with Crippen molar-refractivity contribution in [2.75, 3.05) is 17.7 Å². The molecule has 3 N–H and O–H groups in total. The fraction of sp³-hybridized carbons (Fsp3) is 0.188. The second kappa shape index (κ2) is 6.50. The van der Waals surface area contributed by atoms with Crippen LogP contribution in [0.15, 0.2) is 36.4 Å². The molecule has 110 valence electrons. The Hall–Kier alpha value is -2.20. The van der Waals surface area contributed by atoms with Crippen LogP contribution in [0.4, 0.5) is 11.4 Å². The largest absolute Gasteiger partial charge is 0.484 e. The highest BCUT2D eigenvalue weighted by molar-refractivity contribution is 6.34. The van der Waals surface area contributed by atoms with Crippen molar-refractivity contribution in [2.45, 2.75) is 13.8 Å². The van der Waals surface area contributed by atoms with Gasteiger partial charge in [-0.05, 0) is 49.2 Å². The number of hydrogen-bond donors (Lipinski definition) is 2. The molecule has 0 saturated heterocycles. The lowest BCUT2D eigenvalue weighted by molar-refractivity contribution is -0.118. The average Bonchev–Trinajstić information content (AvgIpc) is 2.40. The number of nitrogens with two attached hydrogens (primary N) is 1. The van der Waals surface area contributed by atoms with Gasteiger partial charge < -0.3 is 15.8 Å². The van der Waals surface area contributed by atoms with Gasteiger partial charge in [0.1, 0.15) is 5.75 Å². The highest BCUT2D eigenvalue weighted by Crippen LogP contribution is 2.27. The third-order valence-corrected chi connectivity index (χ3v) is 3.19. The number of benzene rings is 2. The number of anilines is 2. The van der Waals surface area contributed by atoms with E-state index in [-0.39, 0.29) is 12.5 Å². The van der Waals surface area contributed by atoms with E-state index in [4.69, 9.17) is 22.1 Å². The first-order valence-electron chi connectivity index (χ1n) is 6.50. The van der Waals surface area contributed by atoms with Gasteiger partial charge in [0.25, 0.3) is 5.91 Å². The van der Waals surface area contributed by atoms with Gasteiger partial charge in [-0.3, -0.25) is 4.79 Å². The fourth-order valence-corrected chi connectivity index (χ4v) is 2.24. The molecule has 2 rings (SSSR count). The standard InChI is InChI=1S/C16H17ClN2O2/c1-10-6-11(2)8-12(7-10)21-9-15(20)19-16-13(17)4-3-5-14(16)18/h3-8H,9,18H2,1-2H3,(H,19,20). The van der Waals surface area contributed by atoms with Crippen molar-refractivity contribution < 1.29 is 9.53 Å². The minimum Gasteiger partial charge on any atom is -0.484 e. The van der Waals surface area contributed by atoms with Crippen LogP contribution in [0.1, 0.15) is 11.1 Å². The number of nitrogens with one attached hydrogen (secondary N) is 1. The van der Waals surface area contributed by atoms with Crippen LogP contribution in [0.2, 0.25) is 5.02 Å². The van der Waals surface area contributed by atoms with Gasteiger partial charge in [0, 0.05) is 0 Å². The average molecular weight is 305 g/mol. The molecule has 4 nitrogen and oxygen atoms in total. The van der Waals surface area contributed by atoms with E-state index >= 15 is 0 Å². The molecule has 0 saturated carbocycles. The van der Waals surface area contributed by atoms with Gasteiger partial charge in [-0.2, -0.15) is 0 Å². The molecule has 0 spiro atoms. The van der Waals surface area contributed by atoms with Crippen molar-refractivity contribution >= 4 is 28.9 Å². The summed E-state index contributed by atoms with van der Waals surface area (Å²) in [5, 5.41) is 3.05. The number of aryl methyl sites for hydroxylation is 2. The van der Waals surface area contributed by atoms with Crippen molar-refractivity contribution in [3.8, 4) is 5.75 Å². The number of nitrogen functional groups attached to an aromatic ring is 1. The van der Waals surface area contributed by atoms with E-state index in [2.05, 4.69) is 5.32 Å². The molecule has 0 aliphatic rings. The van der Waals surface area contributed by atoms with E-state index in [1.54, 1.807) is 18.2 Å². The van der Waals surface area contributed by atoms with Gasteiger partial charge in [-0.15, -0.1) is 0 Å². The summed E-state index contributed by atoms with van der Waals surface area (Å²) in [4.78, 5) is 11.9. The molecule has 0 radical (unpaired) electrons. The van der Waals surface area contributed by atoms with Crippen molar-refractivity contribution in [3.05, 3.63) is 52.5 Å². The first kappa shape index (κ1) is 15.2. The van der Waals surface area contributed by atoms with Gasteiger partial charge >= 0.3 is 0 Å². The second-order valence-electron chi connectivity index (χ2n) is 4.86. The SMILES string of the molecule is Cc1cc(C)cc(OCC(=O)Nc2c(N)cccc2Cl)c1. The van der Waals surface area contributed by atoms with Crippen molar-refractivity contribution in [1.82, 2.24) is 0 Å². The number of rotatable bonds is 4. The lowest BCUT2D eigenvalue weighted by Crippen LogP contribution is -2.21. The molecular weight excluding hydrogens is 288 g/mol. The first-order valence-corrected chi connectivity index (χ1v) is 6.88. The molecule has 21 heavy (non-hydrogen) atoms. The molecule has 0 aliphatic carbocycles. The van der Waals surface area contributed by atoms with Crippen LogP contribution >= 0.6 is 11.6 Å². The van der Waals surface area contributed by atoms with E-state index in [1.165, 1.54) is 0 Å². The fourth-order valence-electron chi connectivity index (χ4n) is 2.01. The Morgan fingerprint density at radius 2 is 1.90 bits per heavy atom. The number of hydrogen-bond acceptors (Lipinski definition) is 3. The van der Waals surface area contributed by atoms with Crippen LogP contribution < -0.4 is 15.8 Å². The number of halogens is 1. The highest BCUT2D eigenvalue weighted by Gasteiger charge is 2.09. The van der Waals surface area contributed by atoms with Gasteiger partial charge in [-0.1, -0.05) is 23.7 Å². The predicted molar refractivity (Wildman–Crippen MR) is 85.9 cm³/mol. The van der Waals surface area contributed by atoms with Gasteiger partial charge in [0.15, 0.2) is 6.61 Å². The quantitative estimate of drug-likeness (QED) is 0.849. The van der Waals surface area contributed by atoms with Gasteiger partial charge in [-0.25, -0.2) is 0 Å². The summed E-state index contributed by atoms with van der Waals surface area (Å²) in [6.45, 7) is 3.85. The maximum atomic E-state index is 11.9. The summed E-state index contributed by atoms with van der Waals surface area (Å²) in [5.74, 6) is 0.351. The Morgan fingerprint density at radius 3 is 2.52 bits per heavy atom. The van der Waals surface area contributed by atoms with Crippen LogP contribution in [0.5, 0.6) is 5.75 Å². The number of carbonyl (C=O) groups excluding carboxylic acids is 1. The number of ether oxygens (including phenoxy) is 1. The zero-order chi connectivity index (χ0) is 15.4. The smallest absolute Gasteiger partial charge is 0.262 e. The summed E-state index contributed by atoms with van der Waals surface area (Å²) >= 11 is 6.00. The summed E-state index contributed by atoms with van der Waals surface area (Å²) in [6, 6.07) is 10.9. The molecule has 5 heteroatoms. The molecule has 2 aromatic carbocycles. The summed E-state index contributed by atoms with van der Waals surface area (Å²) in [7, 11) is 0. The van der Waals surface area contributed by atoms with Crippen molar-refractivity contribution in [3.63, 3.8) is 0 Å². The van der Waals surface area contributed by atoms with Crippen LogP contribution in [-0.4, -0.2) is 12.5 Å². The van der Waals surface area contributed by atoms with Crippen LogP contribution in [-0.2, 0) is 4.79 Å². The number of carbonyl (C=O) groups is 1. The van der Waals surface area contributed by atoms with Gasteiger partial charge in [0.2, 0.25) is 0 Å². The highest BCUT2D eigenvalue weighted by atomic mass is 35.5. The molecule has 0 unspecified atom stereocenters. The van der Waals surface area contributed by atoms with Gasteiger partial charge in [0.05, 0.1) is 16.4 Å². The maximum absolute atomic E-state index is 11.9. The maximum Gasteiger partial charge on any atom is 0.262 e. The van der Waals surface area contributed by atoms with Crippen LogP contribution in [0, 0.1) is 13.8 Å². The molecule has 0 fully saturated rings. The van der Waals surface area contributed by atoms with E-state index in [9.17, 15) is 4.79 Å². The zero-order valence-electron chi connectivity index (χ0n) is 11.9. The molecule has 1 amide bonds. The molecule has 0 atom stereocenters. The predicted octanol–water partition coefficient (Wildman–Crippen LogP) is 3.56. The summed E-state index contributed by atoms with van der Waals surface area (Å²) in [5.41, 5.74) is 8.77. The Kier molecular flexibility index (Phi) is 4.70. The topological polar surface area (TPSA) is 64.3 Å². The Labute approximate surface area is 128 Å². The minimum atomic E-state index is -0.311. The monoisotopic (exact) mass is 304 g/mol. The second-order valence-corrected chi connectivity index (χ2v) is 5.27.